The largest absolute Gasteiger partial charge is 0.469 e. The summed E-state index contributed by atoms with van der Waals surface area (Å²) in [6.07, 6.45) is 4.12. The lowest BCUT2D eigenvalue weighted by molar-refractivity contribution is -0.142. The number of nitrogens with zero attached hydrogens (tertiary/aromatic N) is 1. The average molecular weight is 249 g/mol. The molecule has 0 saturated carbocycles. The fraction of sp³-hybridized carbons (Fsp3) is 0.571. The lowest BCUT2D eigenvalue weighted by Gasteiger charge is -2.37. The van der Waals surface area contributed by atoms with Crippen molar-refractivity contribution in [2.24, 2.45) is 0 Å². The quantitative estimate of drug-likeness (QED) is 0.607. The lowest BCUT2D eigenvalue weighted by Crippen LogP contribution is -2.36. The molecule has 0 saturated heterocycles. The Balaban J connectivity index is 2.42. The highest BCUT2D eigenvalue weighted by Gasteiger charge is 2.38. The SMILES string of the molecule is CCC1(CC(=O)OC)CCCn2c(C=O)ccc21. The van der Waals surface area contributed by atoms with E-state index in [4.69, 9.17) is 4.74 Å². The Morgan fingerprint density at radius 2 is 2.33 bits per heavy atom. The number of rotatable bonds is 4. The number of hydrogen-bond acceptors (Lipinski definition) is 3. The van der Waals surface area contributed by atoms with Gasteiger partial charge in [-0.3, -0.25) is 9.59 Å². The number of ether oxygens (including phenoxy) is 1. The van der Waals surface area contributed by atoms with Crippen LogP contribution in [-0.2, 0) is 21.5 Å². The number of aromatic nitrogens is 1. The third-order valence-electron chi connectivity index (χ3n) is 4.10. The molecule has 0 N–H and O–H groups in total. The summed E-state index contributed by atoms with van der Waals surface area (Å²) in [6, 6.07) is 3.82. The second kappa shape index (κ2) is 4.96. The molecule has 4 heteroatoms. The minimum atomic E-state index is -0.181. The van der Waals surface area contributed by atoms with Gasteiger partial charge in [0, 0.05) is 17.7 Å². The number of hydrogen-bond donors (Lipinski definition) is 0. The third kappa shape index (κ3) is 1.96. The zero-order valence-electron chi connectivity index (χ0n) is 10.9. The molecule has 4 nitrogen and oxygen atoms in total. The van der Waals surface area contributed by atoms with Crippen LogP contribution >= 0.6 is 0 Å². The van der Waals surface area contributed by atoms with Crippen LogP contribution in [-0.4, -0.2) is 23.9 Å². The Hall–Kier alpha value is -1.58. The standard InChI is InChI=1S/C14H19NO3/c1-3-14(9-13(17)18-2)7-4-8-15-11(10-16)5-6-12(14)15/h5-6,10H,3-4,7-9H2,1-2H3. The molecule has 2 rings (SSSR count). The molecular weight excluding hydrogens is 230 g/mol. The zero-order valence-corrected chi connectivity index (χ0v) is 10.9. The third-order valence-corrected chi connectivity index (χ3v) is 4.10. The molecule has 1 aliphatic heterocycles. The van der Waals surface area contributed by atoms with Crippen molar-refractivity contribution < 1.29 is 14.3 Å². The molecule has 0 fully saturated rings. The number of esters is 1. The summed E-state index contributed by atoms with van der Waals surface area (Å²) in [6.45, 7) is 2.95. The molecule has 0 aromatic carbocycles. The Labute approximate surface area is 107 Å². The van der Waals surface area contributed by atoms with Crippen LogP contribution < -0.4 is 0 Å². The summed E-state index contributed by atoms with van der Waals surface area (Å²) >= 11 is 0. The van der Waals surface area contributed by atoms with Crippen molar-refractivity contribution in [3.8, 4) is 0 Å². The second-order valence-corrected chi connectivity index (χ2v) is 4.90. The minimum Gasteiger partial charge on any atom is -0.469 e. The molecule has 1 aromatic heterocycles. The Morgan fingerprint density at radius 1 is 1.56 bits per heavy atom. The van der Waals surface area contributed by atoms with Gasteiger partial charge < -0.3 is 9.30 Å². The van der Waals surface area contributed by atoms with Gasteiger partial charge in [0.15, 0.2) is 6.29 Å². The molecule has 1 unspecified atom stereocenters. The first kappa shape index (κ1) is 12.9. The van der Waals surface area contributed by atoms with Gasteiger partial charge in [-0.2, -0.15) is 0 Å². The fourth-order valence-electron chi connectivity index (χ4n) is 3.01. The molecule has 1 aliphatic rings. The van der Waals surface area contributed by atoms with Gasteiger partial charge in [-0.1, -0.05) is 6.92 Å². The first-order valence-corrected chi connectivity index (χ1v) is 6.39. The molecule has 0 amide bonds. The summed E-state index contributed by atoms with van der Waals surface area (Å²) in [5.74, 6) is -0.181. The Kier molecular flexibility index (Phi) is 3.55. The van der Waals surface area contributed by atoms with E-state index in [1.54, 1.807) is 0 Å². The van der Waals surface area contributed by atoms with Crippen LogP contribution in [0.4, 0.5) is 0 Å². The number of fused-ring (bicyclic) bond motifs is 1. The van der Waals surface area contributed by atoms with Gasteiger partial charge in [-0.15, -0.1) is 0 Å². The number of carbonyl (C=O) groups excluding carboxylic acids is 2. The fourth-order valence-corrected chi connectivity index (χ4v) is 3.01. The predicted molar refractivity (Wildman–Crippen MR) is 67.7 cm³/mol. The number of methoxy groups -OCH3 is 1. The molecule has 1 atom stereocenters. The van der Waals surface area contributed by atoms with E-state index in [1.807, 2.05) is 16.7 Å². The van der Waals surface area contributed by atoms with Crippen LogP contribution in [0.3, 0.4) is 0 Å². The average Bonchev–Trinajstić information content (AvgIpc) is 2.83. The molecule has 2 heterocycles. The highest BCUT2D eigenvalue weighted by molar-refractivity contribution is 5.74. The van der Waals surface area contributed by atoms with Crippen molar-refractivity contribution in [3.05, 3.63) is 23.5 Å². The maximum absolute atomic E-state index is 11.6. The van der Waals surface area contributed by atoms with E-state index in [9.17, 15) is 9.59 Å². The van der Waals surface area contributed by atoms with Crippen molar-refractivity contribution in [1.29, 1.82) is 0 Å². The van der Waals surface area contributed by atoms with Crippen LogP contribution in [0.25, 0.3) is 0 Å². The lowest BCUT2D eigenvalue weighted by atomic mass is 9.73. The van der Waals surface area contributed by atoms with Crippen molar-refractivity contribution in [2.75, 3.05) is 7.11 Å². The van der Waals surface area contributed by atoms with Crippen LogP contribution in [0.15, 0.2) is 12.1 Å². The van der Waals surface area contributed by atoms with Gasteiger partial charge >= 0.3 is 5.97 Å². The molecule has 1 aromatic rings. The van der Waals surface area contributed by atoms with Crippen LogP contribution in [0.5, 0.6) is 0 Å². The van der Waals surface area contributed by atoms with Crippen LogP contribution in [0.2, 0.25) is 0 Å². The summed E-state index contributed by atoms with van der Waals surface area (Å²) < 4.78 is 6.85. The normalized spacial score (nSPS) is 22.3. The number of aldehydes is 1. The molecule has 0 radical (unpaired) electrons. The van der Waals surface area contributed by atoms with Gasteiger partial charge in [0.25, 0.3) is 0 Å². The van der Waals surface area contributed by atoms with Crippen molar-refractivity contribution in [1.82, 2.24) is 4.57 Å². The van der Waals surface area contributed by atoms with Gasteiger partial charge in [-0.05, 0) is 31.4 Å². The highest BCUT2D eigenvalue weighted by atomic mass is 16.5. The maximum atomic E-state index is 11.6. The van der Waals surface area contributed by atoms with E-state index in [0.29, 0.717) is 12.1 Å². The Bertz CT molecular complexity index is 464. The van der Waals surface area contributed by atoms with Crippen LogP contribution in [0.1, 0.15) is 48.8 Å². The van der Waals surface area contributed by atoms with E-state index in [2.05, 4.69) is 6.92 Å². The van der Waals surface area contributed by atoms with E-state index in [1.165, 1.54) is 7.11 Å². The van der Waals surface area contributed by atoms with Crippen molar-refractivity contribution in [2.45, 2.75) is 44.6 Å². The van der Waals surface area contributed by atoms with Crippen molar-refractivity contribution in [3.63, 3.8) is 0 Å². The molecule has 0 bridgehead atoms. The van der Waals surface area contributed by atoms with Gasteiger partial charge in [-0.25, -0.2) is 0 Å². The summed E-state index contributed by atoms with van der Waals surface area (Å²) in [5, 5.41) is 0. The highest BCUT2D eigenvalue weighted by Crippen LogP contribution is 2.41. The molecule has 18 heavy (non-hydrogen) atoms. The smallest absolute Gasteiger partial charge is 0.306 e. The van der Waals surface area contributed by atoms with Crippen molar-refractivity contribution >= 4 is 12.3 Å². The number of carbonyl (C=O) groups is 2. The van der Waals surface area contributed by atoms with E-state index in [0.717, 1.165) is 37.8 Å². The van der Waals surface area contributed by atoms with E-state index >= 15 is 0 Å². The monoisotopic (exact) mass is 249 g/mol. The molecule has 0 spiro atoms. The first-order valence-electron chi connectivity index (χ1n) is 6.39. The summed E-state index contributed by atoms with van der Waals surface area (Å²) in [7, 11) is 1.42. The maximum Gasteiger partial charge on any atom is 0.306 e. The molecular formula is C14H19NO3. The van der Waals surface area contributed by atoms with Crippen LogP contribution in [0, 0.1) is 0 Å². The van der Waals surface area contributed by atoms with Gasteiger partial charge in [0.1, 0.15) is 0 Å². The predicted octanol–water partition coefficient (Wildman–Crippen LogP) is 2.31. The molecule has 0 aliphatic carbocycles. The second-order valence-electron chi connectivity index (χ2n) is 4.90. The first-order chi connectivity index (χ1) is 8.66. The summed E-state index contributed by atoms with van der Waals surface area (Å²) in [5.41, 5.74) is 1.63. The minimum absolute atomic E-state index is 0.174. The topological polar surface area (TPSA) is 48.3 Å². The Morgan fingerprint density at radius 3 is 2.94 bits per heavy atom. The zero-order chi connectivity index (χ0) is 13.2. The van der Waals surface area contributed by atoms with E-state index < -0.39 is 0 Å². The molecule has 98 valence electrons. The van der Waals surface area contributed by atoms with E-state index in [-0.39, 0.29) is 11.4 Å². The summed E-state index contributed by atoms with van der Waals surface area (Å²) in [4.78, 5) is 22.6. The van der Waals surface area contributed by atoms with Gasteiger partial charge in [0.2, 0.25) is 0 Å². The van der Waals surface area contributed by atoms with Gasteiger partial charge in [0.05, 0.1) is 19.2 Å².